The van der Waals surface area contributed by atoms with Gasteiger partial charge in [-0.1, -0.05) is 48.5 Å². The smallest absolute Gasteiger partial charge is 0.410 e. The van der Waals surface area contributed by atoms with Crippen molar-refractivity contribution >= 4 is 12.1 Å². The lowest BCUT2D eigenvalue weighted by Crippen LogP contribution is -2.36. The summed E-state index contributed by atoms with van der Waals surface area (Å²) in [4.78, 5) is 33.0. The zero-order chi connectivity index (χ0) is 20.2. The molecule has 29 heavy (non-hydrogen) atoms. The lowest BCUT2D eigenvalue weighted by Gasteiger charge is -2.21. The Morgan fingerprint density at radius 3 is 2.10 bits per heavy atom. The molecule has 2 aromatic carbocycles. The van der Waals surface area contributed by atoms with Crippen molar-refractivity contribution in [3.05, 3.63) is 83.9 Å². The summed E-state index contributed by atoms with van der Waals surface area (Å²) < 4.78 is 5.54. The third-order valence-electron chi connectivity index (χ3n) is 4.87. The highest BCUT2D eigenvalue weighted by molar-refractivity contribution is 5.79. The van der Waals surface area contributed by atoms with Gasteiger partial charge in [-0.15, -0.1) is 0 Å². The number of hydrogen-bond acceptors (Lipinski definition) is 5. The van der Waals surface area contributed by atoms with Gasteiger partial charge in [0.15, 0.2) is 0 Å². The molecule has 1 aromatic heterocycles. The number of carbonyl (C=O) groups excluding carboxylic acids is 1. The van der Waals surface area contributed by atoms with Crippen LogP contribution in [0.4, 0.5) is 4.79 Å². The lowest BCUT2D eigenvalue weighted by molar-refractivity contribution is -0.138. The maximum atomic E-state index is 12.6. The number of hydrogen-bond donors (Lipinski definition) is 1. The van der Waals surface area contributed by atoms with E-state index in [9.17, 15) is 9.59 Å². The number of benzene rings is 2. The fourth-order valence-corrected chi connectivity index (χ4v) is 3.62. The van der Waals surface area contributed by atoms with Crippen molar-refractivity contribution in [3.63, 3.8) is 0 Å². The summed E-state index contributed by atoms with van der Waals surface area (Å²) in [5.41, 5.74) is 4.45. The van der Waals surface area contributed by atoms with Gasteiger partial charge in [-0.2, -0.15) is 0 Å². The molecule has 0 unspecified atom stereocenters. The van der Waals surface area contributed by atoms with Crippen molar-refractivity contribution in [1.82, 2.24) is 14.9 Å². The third kappa shape index (κ3) is 3.94. The van der Waals surface area contributed by atoms with E-state index in [0.29, 0.717) is 5.82 Å². The Morgan fingerprint density at radius 1 is 0.931 bits per heavy atom. The van der Waals surface area contributed by atoms with E-state index >= 15 is 0 Å². The van der Waals surface area contributed by atoms with Gasteiger partial charge < -0.3 is 9.84 Å². The van der Waals surface area contributed by atoms with Gasteiger partial charge in [-0.05, 0) is 28.3 Å². The maximum Gasteiger partial charge on any atom is 0.410 e. The summed E-state index contributed by atoms with van der Waals surface area (Å²) in [5, 5.41) is 9.16. The van der Waals surface area contributed by atoms with Gasteiger partial charge in [0.05, 0.1) is 6.54 Å². The average Bonchev–Trinajstić information content (AvgIpc) is 3.06. The first kappa shape index (κ1) is 18.6. The number of carbonyl (C=O) groups is 2. The Hall–Kier alpha value is -3.74. The van der Waals surface area contributed by atoms with Crippen molar-refractivity contribution in [1.29, 1.82) is 0 Å². The molecule has 146 valence electrons. The summed E-state index contributed by atoms with van der Waals surface area (Å²) >= 11 is 0. The van der Waals surface area contributed by atoms with Crippen LogP contribution < -0.4 is 0 Å². The molecule has 0 spiro atoms. The van der Waals surface area contributed by atoms with Gasteiger partial charge in [-0.3, -0.25) is 9.69 Å². The minimum atomic E-state index is -1.13. The minimum absolute atomic E-state index is 0.0379. The topological polar surface area (TPSA) is 92.6 Å². The standard InChI is InChI=1S/C22H19N3O4/c26-21(27)13-25(12-20-23-10-5-11-24-20)22(28)29-14-19-17-8-3-1-6-15(17)16-7-2-4-9-18(16)19/h1-11,19H,12-14H2,(H,26,27). The number of rotatable bonds is 6. The molecule has 0 atom stereocenters. The molecule has 0 saturated carbocycles. The van der Waals surface area contributed by atoms with Gasteiger partial charge in [-0.25, -0.2) is 14.8 Å². The molecule has 0 bridgehead atoms. The molecular formula is C22H19N3O4. The molecule has 0 radical (unpaired) electrons. The molecule has 7 heteroatoms. The van der Waals surface area contributed by atoms with Crippen LogP contribution >= 0.6 is 0 Å². The van der Waals surface area contributed by atoms with Crippen LogP contribution in [0.25, 0.3) is 11.1 Å². The molecule has 1 amide bonds. The van der Waals surface area contributed by atoms with E-state index in [0.717, 1.165) is 27.2 Å². The third-order valence-corrected chi connectivity index (χ3v) is 4.87. The number of aromatic nitrogens is 2. The van der Waals surface area contributed by atoms with E-state index in [-0.39, 0.29) is 19.1 Å². The van der Waals surface area contributed by atoms with Crippen LogP contribution in [-0.2, 0) is 16.1 Å². The SMILES string of the molecule is O=C(O)CN(Cc1ncccn1)C(=O)OCC1c2ccccc2-c2ccccc21. The van der Waals surface area contributed by atoms with E-state index in [1.807, 2.05) is 36.4 Å². The van der Waals surface area contributed by atoms with E-state index in [1.54, 1.807) is 18.5 Å². The zero-order valence-electron chi connectivity index (χ0n) is 15.6. The first-order valence-corrected chi connectivity index (χ1v) is 9.21. The van der Waals surface area contributed by atoms with Crippen LogP contribution in [0.3, 0.4) is 0 Å². The number of aliphatic carboxylic acids is 1. The Kier molecular flexibility index (Phi) is 5.20. The van der Waals surface area contributed by atoms with Gasteiger partial charge >= 0.3 is 12.1 Å². The molecule has 4 rings (SSSR count). The fraction of sp³-hybridized carbons (Fsp3) is 0.182. The maximum absolute atomic E-state index is 12.6. The average molecular weight is 389 g/mol. The summed E-state index contributed by atoms with van der Waals surface area (Å²) in [6, 6.07) is 17.7. The number of fused-ring (bicyclic) bond motifs is 3. The zero-order valence-corrected chi connectivity index (χ0v) is 15.6. The number of carboxylic acid groups (broad SMARTS) is 1. The monoisotopic (exact) mass is 389 g/mol. The Labute approximate surface area is 167 Å². The number of nitrogens with zero attached hydrogens (tertiary/aromatic N) is 3. The fourth-order valence-electron chi connectivity index (χ4n) is 3.62. The molecular weight excluding hydrogens is 370 g/mol. The van der Waals surface area contributed by atoms with Crippen LogP contribution in [0.5, 0.6) is 0 Å². The van der Waals surface area contributed by atoms with E-state index in [1.165, 1.54) is 0 Å². The van der Waals surface area contributed by atoms with Crippen molar-refractivity contribution in [2.75, 3.05) is 13.2 Å². The van der Waals surface area contributed by atoms with Gasteiger partial charge in [0.25, 0.3) is 0 Å². The molecule has 1 N–H and O–H groups in total. The van der Waals surface area contributed by atoms with Crippen molar-refractivity contribution in [2.24, 2.45) is 0 Å². The lowest BCUT2D eigenvalue weighted by atomic mass is 9.98. The second-order valence-electron chi connectivity index (χ2n) is 6.72. The predicted octanol–water partition coefficient (Wildman–Crippen LogP) is 3.31. The minimum Gasteiger partial charge on any atom is -0.480 e. The molecule has 1 heterocycles. The molecule has 1 aliphatic rings. The van der Waals surface area contributed by atoms with Gasteiger partial charge in [0.2, 0.25) is 0 Å². The predicted molar refractivity (Wildman–Crippen MR) is 105 cm³/mol. The molecule has 1 aliphatic carbocycles. The van der Waals surface area contributed by atoms with Gasteiger partial charge in [0, 0.05) is 18.3 Å². The Bertz CT molecular complexity index is 993. The van der Waals surface area contributed by atoms with Crippen molar-refractivity contribution in [3.8, 4) is 11.1 Å². The molecule has 0 saturated heterocycles. The normalized spacial score (nSPS) is 12.1. The van der Waals surface area contributed by atoms with Crippen molar-refractivity contribution in [2.45, 2.75) is 12.5 Å². The highest BCUT2D eigenvalue weighted by Crippen LogP contribution is 2.44. The summed E-state index contributed by atoms with van der Waals surface area (Å²) in [6.07, 6.45) is 2.37. The van der Waals surface area contributed by atoms with Crippen LogP contribution in [0.1, 0.15) is 22.9 Å². The first-order chi connectivity index (χ1) is 14.1. The Morgan fingerprint density at radius 2 is 1.52 bits per heavy atom. The molecule has 3 aromatic rings. The van der Waals surface area contributed by atoms with Crippen LogP contribution in [0.15, 0.2) is 67.0 Å². The number of amides is 1. The molecule has 7 nitrogen and oxygen atoms in total. The Balaban J connectivity index is 1.51. The van der Waals surface area contributed by atoms with Crippen molar-refractivity contribution < 1.29 is 19.4 Å². The number of ether oxygens (including phenoxy) is 1. The van der Waals surface area contributed by atoms with Crippen LogP contribution in [0, 0.1) is 0 Å². The summed E-state index contributed by atoms with van der Waals surface area (Å²) in [7, 11) is 0. The highest BCUT2D eigenvalue weighted by atomic mass is 16.6. The van der Waals surface area contributed by atoms with E-state index in [4.69, 9.17) is 9.84 Å². The molecule has 0 aliphatic heterocycles. The summed E-state index contributed by atoms with van der Waals surface area (Å²) in [5.74, 6) is -0.873. The number of carboxylic acids is 1. The second kappa shape index (κ2) is 8.10. The van der Waals surface area contributed by atoms with E-state index in [2.05, 4.69) is 22.1 Å². The quantitative estimate of drug-likeness (QED) is 0.695. The highest BCUT2D eigenvalue weighted by Gasteiger charge is 2.30. The second-order valence-corrected chi connectivity index (χ2v) is 6.72. The largest absolute Gasteiger partial charge is 0.480 e. The summed E-state index contributed by atoms with van der Waals surface area (Å²) in [6.45, 7) is -0.405. The van der Waals surface area contributed by atoms with Crippen LogP contribution in [0.2, 0.25) is 0 Å². The van der Waals surface area contributed by atoms with Crippen LogP contribution in [-0.4, -0.2) is 45.2 Å². The first-order valence-electron chi connectivity index (χ1n) is 9.21. The van der Waals surface area contributed by atoms with Gasteiger partial charge in [0.1, 0.15) is 19.0 Å². The van der Waals surface area contributed by atoms with E-state index < -0.39 is 18.6 Å². The molecule has 0 fully saturated rings.